The molecule has 0 heterocycles. The van der Waals surface area contributed by atoms with Crippen LogP contribution in [-0.4, -0.2) is 11.5 Å². The molecule has 2 atom stereocenters. The normalized spacial score (nSPS) is 29.9. The smallest absolute Gasteiger partial charge is 0.268 e. The lowest BCUT2D eigenvalue weighted by Crippen LogP contribution is -2.35. The fourth-order valence-electron chi connectivity index (χ4n) is 1.84. The molecule has 1 nitrogen and oxygen atoms in total. The summed E-state index contributed by atoms with van der Waals surface area (Å²) in [5.74, 6) is -3.63. The zero-order valence-electron chi connectivity index (χ0n) is 8.31. The maximum Gasteiger partial charge on any atom is 0.268 e. The zero-order chi connectivity index (χ0) is 11.3. The van der Waals surface area contributed by atoms with E-state index in [-0.39, 0.29) is 12.2 Å². The summed E-state index contributed by atoms with van der Waals surface area (Å²) in [5.41, 5.74) is 4.79. The van der Waals surface area contributed by atoms with Gasteiger partial charge in [0, 0.05) is 12.3 Å². The molecule has 82 valence electrons. The van der Waals surface area contributed by atoms with Crippen molar-refractivity contribution in [3.8, 4) is 0 Å². The average Bonchev–Trinajstić information content (AvgIpc) is 2.67. The number of hydrogen-bond acceptors (Lipinski definition) is 1. The van der Waals surface area contributed by atoms with E-state index in [4.69, 9.17) is 5.73 Å². The summed E-state index contributed by atoms with van der Waals surface area (Å²) in [6.45, 7) is 1.65. The fraction of sp³-hybridized carbons (Fsp3) is 0.455. The topological polar surface area (TPSA) is 26.0 Å². The molecular weight excluding hydrogens is 203 g/mol. The van der Waals surface area contributed by atoms with Crippen LogP contribution < -0.4 is 5.73 Å². The summed E-state index contributed by atoms with van der Waals surface area (Å²) in [4.78, 5) is 0. The van der Waals surface area contributed by atoms with Crippen LogP contribution in [0.5, 0.6) is 0 Å². The Bertz CT molecular complexity index is 374. The van der Waals surface area contributed by atoms with Gasteiger partial charge in [0.25, 0.3) is 5.92 Å². The highest BCUT2D eigenvalue weighted by Crippen LogP contribution is 2.57. The van der Waals surface area contributed by atoms with Crippen LogP contribution in [0.25, 0.3) is 0 Å². The van der Waals surface area contributed by atoms with Crippen molar-refractivity contribution >= 4 is 0 Å². The highest BCUT2D eigenvalue weighted by molar-refractivity contribution is 5.32. The molecule has 2 N–H and O–H groups in total. The third-order valence-electron chi connectivity index (χ3n) is 3.21. The minimum atomic E-state index is -2.79. The lowest BCUT2D eigenvalue weighted by molar-refractivity contribution is 0.0836. The Kier molecular flexibility index (Phi) is 2.08. The predicted molar refractivity (Wildman–Crippen MR) is 51.3 cm³/mol. The number of nitrogens with two attached hydrogens (primary N) is 1. The van der Waals surface area contributed by atoms with Crippen LogP contribution in [-0.2, 0) is 0 Å². The van der Waals surface area contributed by atoms with Gasteiger partial charge in [0.1, 0.15) is 5.82 Å². The first-order valence-corrected chi connectivity index (χ1v) is 4.79. The highest BCUT2D eigenvalue weighted by Gasteiger charge is 2.71. The van der Waals surface area contributed by atoms with Gasteiger partial charge in [0.15, 0.2) is 0 Å². The van der Waals surface area contributed by atoms with Crippen LogP contribution in [0.2, 0.25) is 0 Å². The zero-order valence-corrected chi connectivity index (χ0v) is 8.31. The van der Waals surface area contributed by atoms with Crippen LogP contribution in [0, 0.1) is 5.82 Å². The van der Waals surface area contributed by atoms with Crippen molar-refractivity contribution in [3.63, 3.8) is 0 Å². The second-order valence-electron chi connectivity index (χ2n) is 4.19. The molecule has 0 spiro atoms. The van der Waals surface area contributed by atoms with Gasteiger partial charge in [-0.05, 0) is 17.7 Å². The van der Waals surface area contributed by atoms with Crippen molar-refractivity contribution in [1.82, 2.24) is 0 Å². The Morgan fingerprint density at radius 3 is 2.13 bits per heavy atom. The first-order chi connectivity index (χ1) is 6.87. The van der Waals surface area contributed by atoms with Crippen molar-refractivity contribution in [2.45, 2.75) is 30.7 Å². The average molecular weight is 215 g/mol. The summed E-state index contributed by atoms with van der Waals surface area (Å²) < 4.78 is 38.6. The number of hydrogen-bond donors (Lipinski definition) is 1. The second-order valence-corrected chi connectivity index (χ2v) is 4.19. The van der Waals surface area contributed by atoms with Crippen LogP contribution in [0.4, 0.5) is 13.2 Å². The van der Waals surface area contributed by atoms with Crippen molar-refractivity contribution in [1.29, 1.82) is 0 Å². The minimum absolute atomic E-state index is 0.293. The molecule has 1 aromatic rings. The van der Waals surface area contributed by atoms with Crippen molar-refractivity contribution in [3.05, 3.63) is 35.6 Å². The Morgan fingerprint density at radius 1 is 1.27 bits per heavy atom. The van der Waals surface area contributed by atoms with Crippen LogP contribution in [0.3, 0.4) is 0 Å². The highest BCUT2D eigenvalue weighted by atomic mass is 19.3. The molecule has 0 bridgehead atoms. The lowest BCUT2D eigenvalue weighted by atomic mass is 9.91. The number of rotatable bonds is 2. The molecule has 1 saturated carbocycles. The molecule has 2 unspecified atom stereocenters. The molecule has 2 rings (SSSR count). The molecule has 1 aromatic carbocycles. The first-order valence-electron chi connectivity index (χ1n) is 4.79. The Labute approximate surface area is 86.1 Å². The third kappa shape index (κ3) is 1.53. The number of alkyl halides is 2. The maximum absolute atomic E-state index is 13.0. The van der Waals surface area contributed by atoms with Gasteiger partial charge in [-0.2, -0.15) is 0 Å². The Hall–Kier alpha value is -1.03. The number of halogens is 3. The number of benzene rings is 1. The van der Waals surface area contributed by atoms with Gasteiger partial charge in [-0.25, -0.2) is 13.2 Å². The van der Waals surface area contributed by atoms with Crippen LogP contribution in [0.1, 0.15) is 24.8 Å². The van der Waals surface area contributed by atoms with Crippen LogP contribution in [0.15, 0.2) is 24.3 Å². The molecule has 15 heavy (non-hydrogen) atoms. The van der Waals surface area contributed by atoms with E-state index in [9.17, 15) is 13.2 Å². The molecule has 1 aliphatic rings. The van der Waals surface area contributed by atoms with Gasteiger partial charge in [-0.15, -0.1) is 0 Å². The minimum Gasteiger partial charge on any atom is -0.319 e. The van der Waals surface area contributed by atoms with E-state index in [2.05, 4.69) is 0 Å². The quantitative estimate of drug-likeness (QED) is 0.806. The molecule has 0 saturated heterocycles. The molecule has 4 heteroatoms. The largest absolute Gasteiger partial charge is 0.319 e. The van der Waals surface area contributed by atoms with Crippen molar-refractivity contribution in [2.24, 2.45) is 5.73 Å². The Balaban J connectivity index is 2.23. The van der Waals surface area contributed by atoms with Crippen molar-refractivity contribution in [2.75, 3.05) is 0 Å². The molecule has 1 aliphatic carbocycles. The SMILES string of the molecule is CC(c1ccc(F)cc1)C1(N)CC1(F)F. The Morgan fingerprint density at radius 2 is 1.73 bits per heavy atom. The first kappa shape index (κ1) is 10.5. The van der Waals surface area contributed by atoms with Crippen LogP contribution >= 0.6 is 0 Å². The molecular formula is C11H12F3N. The van der Waals surface area contributed by atoms with E-state index < -0.39 is 17.4 Å². The molecule has 0 amide bonds. The fourth-order valence-corrected chi connectivity index (χ4v) is 1.84. The van der Waals surface area contributed by atoms with E-state index >= 15 is 0 Å². The van der Waals surface area contributed by atoms with E-state index in [0.717, 1.165) is 0 Å². The second kappa shape index (κ2) is 2.98. The van der Waals surface area contributed by atoms with Gasteiger partial charge >= 0.3 is 0 Å². The molecule has 0 radical (unpaired) electrons. The summed E-state index contributed by atoms with van der Waals surface area (Å²) in [6, 6.07) is 5.53. The van der Waals surface area contributed by atoms with E-state index in [1.807, 2.05) is 0 Å². The van der Waals surface area contributed by atoms with Gasteiger partial charge < -0.3 is 5.73 Å². The standard InChI is InChI=1S/C11H12F3N/c1-7(10(15)6-11(10,13)14)8-2-4-9(12)5-3-8/h2-5,7H,6,15H2,1H3. The van der Waals surface area contributed by atoms with E-state index in [1.165, 1.54) is 24.3 Å². The third-order valence-corrected chi connectivity index (χ3v) is 3.21. The molecule has 0 aliphatic heterocycles. The predicted octanol–water partition coefficient (Wildman–Crippen LogP) is 2.67. The summed E-state index contributed by atoms with van der Waals surface area (Å²) in [5, 5.41) is 0. The van der Waals surface area contributed by atoms with Crippen molar-refractivity contribution < 1.29 is 13.2 Å². The maximum atomic E-state index is 13.0. The summed E-state index contributed by atoms with van der Waals surface area (Å²) in [7, 11) is 0. The monoisotopic (exact) mass is 215 g/mol. The summed E-state index contributed by atoms with van der Waals surface area (Å²) in [6.07, 6.45) is -0.293. The molecule has 0 aromatic heterocycles. The summed E-state index contributed by atoms with van der Waals surface area (Å²) >= 11 is 0. The lowest BCUT2D eigenvalue weighted by Gasteiger charge is -2.19. The van der Waals surface area contributed by atoms with Gasteiger partial charge in [0.05, 0.1) is 5.54 Å². The van der Waals surface area contributed by atoms with E-state index in [1.54, 1.807) is 6.92 Å². The molecule has 1 fully saturated rings. The van der Waals surface area contributed by atoms with Gasteiger partial charge in [-0.1, -0.05) is 19.1 Å². The van der Waals surface area contributed by atoms with E-state index in [0.29, 0.717) is 5.56 Å². The van der Waals surface area contributed by atoms with Gasteiger partial charge in [-0.3, -0.25) is 0 Å². The van der Waals surface area contributed by atoms with Gasteiger partial charge in [0.2, 0.25) is 0 Å².